The smallest absolute Gasteiger partial charge is 0.123 e. The van der Waals surface area contributed by atoms with E-state index in [0.717, 1.165) is 18.4 Å². The number of hydrogen-bond acceptors (Lipinski definition) is 1. The van der Waals surface area contributed by atoms with Gasteiger partial charge in [0.2, 0.25) is 0 Å². The molecule has 0 aliphatic rings. The van der Waals surface area contributed by atoms with Crippen LogP contribution in [0.4, 0.5) is 4.39 Å². The van der Waals surface area contributed by atoms with Gasteiger partial charge in [-0.25, -0.2) is 4.39 Å². The van der Waals surface area contributed by atoms with Crippen LogP contribution in [0, 0.1) is 5.82 Å². The molecule has 0 bridgehead atoms. The molecule has 0 heterocycles. The summed E-state index contributed by atoms with van der Waals surface area (Å²) in [5.41, 5.74) is 7.89. The molecule has 2 rings (SSSR count). The lowest BCUT2D eigenvalue weighted by atomic mass is 9.92. The number of halogens is 2. The predicted octanol–water partition coefficient (Wildman–Crippen LogP) is 4.15. The average Bonchev–Trinajstić information content (AvgIpc) is 2.44. The molecule has 0 amide bonds. The summed E-state index contributed by atoms with van der Waals surface area (Å²) in [4.78, 5) is 0. The molecule has 19 heavy (non-hydrogen) atoms. The summed E-state index contributed by atoms with van der Waals surface area (Å²) in [7, 11) is 0. The third kappa shape index (κ3) is 3.79. The monoisotopic (exact) mass is 277 g/mol. The van der Waals surface area contributed by atoms with Crippen molar-refractivity contribution in [1.82, 2.24) is 0 Å². The summed E-state index contributed by atoms with van der Waals surface area (Å²) in [6.45, 7) is 0.580. The van der Waals surface area contributed by atoms with Crippen molar-refractivity contribution in [2.45, 2.75) is 18.8 Å². The molecule has 100 valence electrons. The fourth-order valence-electron chi connectivity index (χ4n) is 2.21. The minimum Gasteiger partial charge on any atom is -0.330 e. The number of benzene rings is 2. The van der Waals surface area contributed by atoms with E-state index < -0.39 is 0 Å². The Morgan fingerprint density at radius 1 is 1.11 bits per heavy atom. The van der Waals surface area contributed by atoms with E-state index in [4.69, 9.17) is 17.3 Å². The Bertz CT molecular complexity index is 528. The Balaban J connectivity index is 2.06. The molecular formula is C16H17ClFN. The standard InChI is InChI=1S/C16H17ClFN/c17-16-9-8-15(18)10-13(16)6-7-14(11-19)12-4-2-1-3-5-12/h1-5,8-10,14H,6-7,11,19H2. The van der Waals surface area contributed by atoms with Gasteiger partial charge in [0.15, 0.2) is 0 Å². The van der Waals surface area contributed by atoms with E-state index in [9.17, 15) is 4.39 Å². The first-order valence-electron chi connectivity index (χ1n) is 6.39. The number of nitrogens with two attached hydrogens (primary N) is 1. The number of rotatable bonds is 5. The predicted molar refractivity (Wildman–Crippen MR) is 78.0 cm³/mol. The summed E-state index contributed by atoms with van der Waals surface area (Å²) < 4.78 is 13.2. The summed E-state index contributed by atoms with van der Waals surface area (Å²) in [6, 6.07) is 14.6. The molecule has 3 heteroatoms. The molecule has 0 aromatic heterocycles. The van der Waals surface area contributed by atoms with E-state index in [2.05, 4.69) is 12.1 Å². The van der Waals surface area contributed by atoms with Crippen molar-refractivity contribution in [1.29, 1.82) is 0 Å². The van der Waals surface area contributed by atoms with E-state index in [1.54, 1.807) is 6.07 Å². The van der Waals surface area contributed by atoms with Crippen molar-refractivity contribution < 1.29 is 4.39 Å². The van der Waals surface area contributed by atoms with Crippen LogP contribution in [0.2, 0.25) is 5.02 Å². The fourth-order valence-corrected chi connectivity index (χ4v) is 2.42. The molecule has 1 unspecified atom stereocenters. The van der Waals surface area contributed by atoms with Crippen LogP contribution in [0.5, 0.6) is 0 Å². The minimum absolute atomic E-state index is 0.247. The van der Waals surface area contributed by atoms with Crippen LogP contribution in [0.15, 0.2) is 48.5 Å². The molecule has 2 N–H and O–H groups in total. The van der Waals surface area contributed by atoms with E-state index in [1.165, 1.54) is 17.7 Å². The van der Waals surface area contributed by atoms with Crippen LogP contribution in [-0.2, 0) is 6.42 Å². The molecule has 1 nitrogen and oxygen atoms in total. The molecular weight excluding hydrogens is 261 g/mol. The Morgan fingerprint density at radius 3 is 2.53 bits per heavy atom. The van der Waals surface area contributed by atoms with E-state index >= 15 is 0 Å². The van der Waals surface area contributed by atoms with Gasteiger partial charge < -0.3 is 5.73 Å². The molecule has 2 aromatic rings. The molecule has 2 aromatic carbocycles. The minimum atomic E-state index is -0.247. The van der Waals surface area contributed by atoms with Gasteiger partial charge in [-0.2, -0.15) is 0 Å². The molecule has 0 spiro atoms. The van der Waals surface area contributed by atoms with Gasteiger partial charge >= 0.3 is 0 Å². The van der Waals surface area contributed by atoms with Gasteiger partial charge in [-0.3, -0.25) is 0 Å². The zero-order chi connectivity index (χ0) is 13.7. The van der Waals surface area contributed by atoms with Crippen LogP contribution in [-0.4, -0.2) is 6.54 Å². The molecule has 0 aliphatic heterocycles. The number of hydrogen-bond donors (Lipinski definition) is 1. The van der Waals surface area contributed by atoms with Gasteiger partial charge in [0, 0.05) is 5.02 Å². The lowest BCUT2D eigenvalue weighted by molar-refractivity contribution is 0.613. The first kappa shape index (κ1) is 14.0. The first-order chi connectivity index (χ1) is 9.20. The lowest BCUT2D eigenvalue weighted by Gasteiger charge is -2.15. The second kappa shape index (κ2) is 6.69. The van der Waals surface area contributed by atoms with Gasteiger partial charge in [0.25, 0.3) is 0 Å². The maximum atomic E-state index is 13.2. The highest BCUT2D eigenvalue weighted by atomic mass is 35.5. The van der Waals surface area contributed by atoms with Gasteiger partial charge in [0.05, 0.1) is 0 Å². The van der Waals surface area contributed by atoms with Crippen LogP contribution >= 0.6 is 11.6 Å². The quantitative estimate of drug-likeness (QED) is 0.873. The summed E-state index contributed by atoms with van der Waals surface area (Å²) in [6.07, 6.45) is 1.59. The average molecular weight is 278 g/mol. The van der Waals surface area contributed by atoms with Crippen molar-refractivity contribution in [3.8, 4) is 0 Å². The van der Waals surface area contributed by atoms with Crippen molar-refractivity contribution in [3.63, 3.8) is 0 Å². The fraction of sp³-hybridized carbons (Fsp3) is 0.250. The van der Waals surface area contributed by atoms with Crippen LogP contribution in [0.3, 0.4) is 0 Å². The molecule has 0 aliphatic carbocycles. The highest BCUT2D eigenvalue weighted by molar-refractivity contribution is 6.31. The van der Waals surface area contributed by atoms with Crippen LogP contribution < -0.4 is 5.73 Å². The molecule has 0 fully saturated rings. The zero-order valence-electron chi connectivity index (χ0n) is 10.7. The van der Waals surface area contributed by atoms with Gasteiger partial charge in [-0.05, 0) is 54.6 Å². The van der Waals surface area contributed by atoms with E-state index in [0.29, 0.717) is 11.6 Å². The van der Waals surface area contributed by atoms with Gasteiger partial charge in [-0.1, -0.05) is 41.9 Å². The van der Waals surface area contributed by atoms with E-state index in [1.807, 2.05) is 18.2 Å². The van der Waals surface area contributed by atoms with Crippen molar-refractivity contribution in [3.05, 3.63) is 70.5 Å². The zero-order valence-corrected chi connectivity index (χ0v) is 11.4. The molecule has 0 radical (unpaired) electrons. The topological polar surface area (TPSA) is 26.0 Å². The third-order valence-corrected chi connectivity index (χ3v) is 3.69. The van der Waals surface area contributed by atoms with Crippen molar-refractivity contribution >= 4 is 11.6 Å². The maximum absolute atomic E-state index is 13.2. The van der Waals surface area contributed by atoms with Gasteiger partial charge in [-0.15, -0.1) is 0 Å². The van der Waals surface area contributed by atoms with Gasteiger partial charge in [0.1, 0.15) is 5.82 Å². The normalized spacial score (nSPS) is 12.4. The Kier molecular flexibility index (Phi) is 4.94. The first-order valence-corrected chi connectivity index (χ1v) is 6.77. The Labute approximate surface area is 118 Å². The highest BCUT2D eigenvalue weighted by Gasteiger charge is 2.11. The van der Waals surface area contributed by atoms with Crippen molar-refractivity contribution in [2.75, 3.05) is 6.54 Å². The molecule has 1 atom stereocenters. The second-order valence-electron chi connectivity index (χ2n) is 4.62. The third-order valence-electron chi connectivity index (χ3n) is 3.33. The highest BCUT2D eigenvalue weighted by Crippen LogP contribution is 2.24. The summed E-state index contributed by atoms with van der Waals surface area (Å²) >= 11 is 6.07. The molecule has 0 saturated heterocycles. The maximum Gasteiger partial charge on any atom is 0.123 e. The number of aryl methyl sites for hydroxylation is 1. The van der Waals surface area contributed by atoms with Crippen LogP contribution in [0.25, 0.3) is 0 Å². The summed E-state index contributed by atoms with van der Waals surface area (Å²) in [5, 5.41) is 0.616. The van der Waals surface area contributed by atoms with Crippen LogP contribution in [0.1, 0.15) is 23.5 Å². The Morgan fingerprint density at radius 2 is 1.84 bits per heavy atom. The lowest BCUT2D eigenvalue weighted by Crippen LogP contribution is -2.13. The largest absolute Gasteiger partial charge is 0.330 e. The SMILES string of the molecule is NCC(CCc1cc(F)ccc1Cl)c1ccccc1. The van der Waals surface area contributed by atoms with E-state index in [-0.39, 0.29) is 11.7 Å². The Hall–Kier alpha value is -1.38. The summed E-state index contributed by atoms with van der Waals surface area (Å²) in [5.74, 6) is 0.0314. The van der Waals surface area contributed by atoms with Crippen molar-refractivity contribution in [2.24, 2.45) is 5.73 Å². The molecule has 0 saturated carbocycles. The second-order valence-corrected chi connectivity index (χ2v) is 5.02.